The van der Waals surface area contributed by atoms with Gasteiger partial charge in [-0.3, -0.25) is 81.5 Å². The van der Waals surface area contributed by atoms with Crippen molar-refractivity contribution in [1.29, 1.82) is 0 Å². The number of aliphatic hydroxyl groups excluding tert-OH is 1. The minimum Gasteiger partial charge on any atom is -0.394 e. The predicted octanol–water partition coefficient (Wildman–Crippen LogP) is -1.38. The van der Waals surface area contributed by atoms with E-state index in [9.17, 15) is 72.2 Å². The first-order valence-electron chi connectivity index (χ1n) is 42.3. The van der Waals surface area contributed by atoms with Crippen LogP contribution in [0.2, 0.25) is 0 Å². The number of imidazole rings is 1. The second kappa shape index (κ2) is 47.9. The number of primary amides is 2. The number of nitrogens with two attached hydrogens (primary N) is 2. The number of carbonyl (C=O) groups is 17. The average Bonchev–Trinajstić information content (AvgIpc) is 1.55. The van der Waals surface area contributed by atoms with E-state index in [2.05, 4.69) is 73.1 Å². The number of thioether (sulfide) groups is 1. The van der Waals surface area contributed by atoms with Crippen LogP contribution in [0.3, 0.4) is 0 Å². The van der Waals surface area contributed by atoms with Crippen LogP contribution in [0.1, 0.15) is 128 Å². The number of rotatable bonds is 23. The highest BCUT2D eigenvalue weighted by Gasteiger charge is 2.44. The topological polar surface area (TPSA) is 559 Å². The Balaban J connectivity index is 1.15. The minimum absolute atomic E-state index is 0.0166. The van der Waals surface area contributed by atoms with Crippen molar-refractivity contribution < 1.29 is 86.6 Å². The Bertz CT molecular complexity index is 4830. The third-order valence-corrected chi connectivity index (χ3v) is 23.2. The molecule has 0 bridgehead atoms. The monoisotopic (exact) mass is 1770 g/mol. The third-order valence-electron chi connectivity index (χ3n) is 22.2. The molecule has 0 aliphatic carbocycles. The maximum absolute atomic E-state index is 15.6. The molecule has 682 valence electrons. The van der Waals surface area contributed by atoms with Crippen molar-refractivity contribution >= 4 is 134 Å². The van der Waals surface area contributed by atoms with Crippen molar-refractivity contribution in [2.45, 2.75) is 203 Å². The van der Waals surface area contributed by atoms with Gasteiger partial charge in [-0.15, -0.1) is 11.8 Å². The van der Waals surface area contributed by atoms with Crippen LogP contribution in [0, 0.1) is 5.92 Å². The maximum atomic E-state index is 15.6. The van der Waals surface area contributed by atoms with E-state index in [-0.39, 0.29) is 76.0 Å². The van der Waals surface area contributed by atoms with Gasteiger partial charge in [0, 0.05) is 112 Å². The first-order chi connectivity index (χ1) is 60.1. The van der Waals surface area contributed by atoms with Crippen LogP contribution in [0.15, 0.2) is 104 Å². The maximum Gasteiger partial charge on any atom is 0.246 e. The van der Waals surface area contributed by atoms with Gasteiger partial charge >= 0.3 is 0 Å². The van der Waals surface area contributed by atoms with Crippen LogP contribution >= 0.6 is 11.8 Å². The highest BCUT2D eigenvalue weighted by atomic mass is 32.2. The van der Waals surface area contributed by atoms with Gasteiger partial charge in [-0.1, -0.05) is 127 Å². The number of benzene rings is 3. The van der Waals surface area contributed by atoms with Crippen LogP contribution < -0.4 is 64.6 Å². The fraction of sp³-hybridized carbons (Fsp3) is 0.512. The predicted molar refractivity (Wildman–Crippen MR) is 466 cm³/mol. The number of hydrogen-bond donors (Lipinski definition) is 16. The number of likely N-dealkylation sites (N-methyl/N-ethyl adjacent to an activating group) is 4. The van der Waals surface area contributed by atoms with Crippen molar-refractivity contribution in [1.82, 2.24) is 97.6 Å². The summed E-state index contributed by atoms with van der Waals surface area (Å²) in [6.07, 6.45) is 7.33. The fourth-order valence-electron chi connectivity index (χ4n) is 15.2. The standard InChI is InChI=1S/C86H119N21O18S/c1-10-12-15-30-69-86(125)105(8)67(29-13-11-2)80(119)93-43-72(111)97-66(76(115)92-42-71(88)110)46-126-47-74(113)96-62(34-51-23-16-14-17-24-51)83(122)104(7)50(5)75(114)99-64(38-70(87)109)85(124)107-32-22-31-68(107)81(120)98-60(37-54-41-89-48-94-54)78(117)100-61(33-49(3)4)82(121)103(6)44-73(112)95-59(35-52-39-90-57-27-20-18-25-55(52)57)77(116)102-65(45-108)79(118)101-63(84(123)106(69)9)36-53-40-91-58-28-21-19-26-56(53)58/h14,16-21,23-28,39-41,48-50,59-69,90-91,108H,10-13,15,22,29-38,42-47H2,1-9H3,(H2,87,109)(H2,88,110)(H,89,94)(H,92,115)(H,93,119)(H,95,112)(H,96,113)(H,97,111)(H,98,120)(H,99,114)(H,100,117)(H,101,118)(H,102,116)/t50-,59-,60-,61-,62-,63-,64-,65-,66-,67-,68-,69-/m0/s1. The van der Waals surface area contributed by atoms with Crippen LogP contribution in [-0.4, -0.2) is 295 Å². The lowest BCUT2D eigenvalue weighted by Crippen LogP contribution is -2.61. The van der Waals surface area contributed by atoms with Crippen molar-refractivity contribution in [3.8, 4) is 0 Å². The fourth-order valence-corrected chi connectivity index (χ4v) is 16.0. The smallest absolute Gasteiger partial charge is 0.246 e. The Morgan fingerprint density at radius 2 is 1.10 bits per heavy atom. The van der Waals surface area contributed by atoms with E-state index in [1.807, 2.05) is 13.8 Å². The number of H-pyrrole nitrogens is 3. The molecule has 40 heteroatoms. The Hall–Kier alpha value is -12.8. The van der Waals surface area contributed by atoms with Crippen molar-refractivity contribution in [3.05, 3.63) is 126 Å². The Morgan fingerprint density at radius 3 is 1.71 bits per heavy atom. The number of aromatic nitrogens is 4. The molecular formula is C86H119N21O18S. The molecule has 2 aliphatic rings. The molecule has 126 heavy (non-hydrogen) atoms. The number of hydrogen-bond acceptors (Lipinski definition) is 20. The molecule has 39 nitrogen and oxygen atoms in total. The molecule has 3 aromatic heterocycles. The largest absolute Gasteiger partial charge is 0.394 e. The van der Waals surface area contributed by atoms with Crippen molar-refractivity contribution in [2.75, 3.05) is 72.5 Å². The molecule has 18 N–H and O–H groups in total. The lowest BCUT2D eigenvalue weighted by atomic mass is 10.00. The molecule has 5 heterocycles. The molecule has 12 atom stereocenters. The summed E-state index contributed by atoms with van der Waals surface area (Å²) < 4.78 is 0. The van der Waals surface area contributed by atoms with Gasteiger partial charge in [0.25, 0.3) is 0 Å². The normalized spacial score (nSPS) is 23.5. The van der Waals surface area contributed by atoms with E-state index in [1.165, 1.54) is 57.4 Å². The number of carbonyl (C=O) groups excluding carboxylic acids is 17. The molecule has 0 spiro atoms. The van der Waals surface area contributed by atoms with E-state index >= 15 is 14.4 Å². The molecule has 2 saturated heterocycles. The second-order valence-electron chi connectivity index (χ2n) is 32.2. The quantitative estimate of drug-likeness (QED) is 0.0329. The molecule has 17 amide bonds. The summed E-state index contributed by atoms with van der Waals surface area (Å²) in [5.41, 5.74) is 14.4. The molecule has 6 aromatic rings. The van der Waals surface area contributed by atoms with Gasteiger partial charge in [0.15, 0.2) is 0 Å². The minimum atomic E-state index is -1.83. The summed E-state index contributed by atoms with van der Waals surface area (Å²) in [4.78, 5) is 264. The van der Waals surface area contributed by atoms with Crippen LogP contribution in [0.4, 0.5) is 0 Å². The lowest BCUT2D eigenvalue weighted by molar-refractivity contribution is -0.149. The number of para-hydroxylation sites is 2. The molecule has 0 radical (unpaired) electrons. The van der Waals surface area contributed by atoms with Gasteiger partial charge in [0.1, 0.15) is 72.5 Å². The number of nitrogens with one attached hydrogen (secondary N) is 13. The number of fused-ring (bicyclic) bond motifs is 3. The molecule has 2 fully saturated rings. The second-order valence-corrected chi connectivity index (χ2v) is 33.3. The average molecular weight is 1770 g/mol. The summed E-state index contributed by atoms with van der Waals surface area (Å²) >= 11 is 0.818. The lowest BCUT2D eigenvalue weighted by Gasteiger charge is -2.36. The molecule has 2 aliphatic heterocycles. The highest BCUT2D eigenvalue weighted by Crippen LogP contribution is 2.26. The van der Waals surface area contributed by atoms with E-state index in [4.69, 9.17) is 11.5 Å². The Labute approximate surface area is 734 Å². The van der Waals surface area contributed by atoms with E-state index < -0.39 is 211 Å². The summed E-state index contributed by atoms with van der Waals surface area (Å²) in [5, 5.41) is 38.6. The Morgan fingerprint density at radius 1 is 0.548 bits per heavy atom. The zero-order valence-electron chi connectivity index (χ0n) is 72.5. The first kappa shape index (κ1) is 98.7. The zero-order valence-corrected chi connectivity index (χ0v) is 73.3. The first-order valence-corrected chi connectivity index (χ1v) is 43.4. The number of nitrogens with zero attached hydrogens (tertiary/aromatic N) is 6. The van der Waals surface area contributed by atoms with Crippen LogP contribution in [0.5, 0.6) is 0 Å². The van der Waals surface area contributed by atoms with E-state index in [0.717, 1.165) is 26.5 Å². The summed E-state index contributed by atoms with van der Waals surface area (Å²) in [6.45, 7) is 5.34. The van der Waals surface area contributed by atoms with Crippen molar-refractivity contribution in [2.24, 2.45) is 17.4 Å². The molecular weight excluding hydrogens is 1650 g/mol. The van der Waals surface area contributed by atoms with Gasteiger partial charge in [-0.05, 0) is 73.8 Å². The van der Waals surface area contributed by atoms with E-state index in [1.54, 1.807) is 105 Å². The molecule has 0 saturated carbocycles. The van der Waals surface area contributed by atoms with Gasteiger partial charge in [0.2, 0.25) is 100 Å². The van der Waals surface area contributed by atoms with Crippen molar-refractivity contribution in [3.63, 3.8) is 0 Å². The van der Waals surface area contributed by atoms with Crippen LogP contribution in [-0.2, 0) is 107 Å². The number of amides is 17. The molecule has 8 rings (SSSR count). The van der Waals surface area contributed by atoms with Gasteiger partial charge in [-0.2, -0.15) is 0 Å². The summed E-state index contributed by atoms with van der Waals surface area (Å²) in [5.74, 6) is -16.2. The van der Waals surface area contributed by atoms with Crippen LogP contribution in [0.25, 0.3) is 21.8 Å². The van der Waals surface area contributed by atoms with Gasteiger partial charge in [0.05, 0.1) is 44.7 Å². The van der Waals surface area contributed by atoms with Gasteiger partial charge in [-0.25, -0.2) is 4.98 Å². The highest BCUT2D eigenvalue weighted by molar-refractivity contribution is 8.00. The third kappa shape index (κ3) is 28.1. The molecule has 3 aromatic carbocycles. The Kier molecular flexibility index (Phi) is 37.5. The zero-order chi connectivity index (χ0) is 92.0. The number of aromatic amines is 3. The summed E-state index contributed by atoms with van der Waals surface area (Å²) in [7, 11) is 5.30. The van der Waals surface area contributed by atoms with E-state index in [0.29, 0.717) is 76.3 Å². The number of unbranched alkanes of at least 4 members (excludes halogenated alkanes) is 3. The van der Waals surface area contributed by atoms with Gasteiger partial charge < -0.3 is 109 Å². The summed E-state index contributed by atoms with van der Waals surface area (Å²) in [6, 6.07) is 4.95. The SMILES string of the molecule is CCCCC[C@H]1C(=O)N(C)[C@@H](CCCC)C(=O)NCC(=O)N[C@H](C(=O)NCC(N)=O)CSCC(=O)N[C@@H](Cc2ccccc2)C(=O)N(C)[C@@H](C)C(=O)N[C@@H](CC(N)=O)C(=O)N2CCC[C@H]2C(=O)N[C@@H](Cc2cnc[nH]2)C(=O)N[C@@H](CC(C)C)C(=O)N(C)CC(=O)N[C@@H](Cc2c[nH]c3ccccc23)C(=O)N[C@@H](CO)C(=O)N[C@@H](Cc2c[nH]c3ccccc23)C(=O)N1C. The molecule has 0 unspecified atom stereocenters. The number of aliphatic hydroxyl groups is 1.